The van der Waals surface area contributed by atoms with Crippen molar-refractivity contribution in [1.82, 2.24) is 9.80 Å². The average Bonchev–Trinajstić information content (AvgIpc) is 2.87. The van der Waals surface area contributed by atoms with Gasteiger partial charge >= 0.3 is 0 Å². The summed E-state index contributed by atoms with van der Waals surface area (Å²) in [7, 11) is 8.98. The number of hydrogen-bond donors (Lipinski definition) is 0. The second-order valence-electron chi connectivity index (χ2n) is 12.4. The van der Waals surface area contributed by atoms with Crippen LogP contribution in [0.5, 0.6) is 0 Å². The number of hydrogen-bond acceptors (Lipinski definition) is 3. The molecule has 2 unspecified atom stereocenters. The first-order chi connectivity index (χ1) is 18.0. The molecule has 3 nitrogen and oxygen atoms in total. The Bertz CT molecular complexity index is 388. The Balaban J connectivity index is 3.76. The summed E-state index contributed by atoms with van der Waals surface area (Å²) in [6.07, 6.45) is 33.4. The highest BCUT2D eigenvalue weighted by atomic mass is 16.5. The third-order valence-corrected chi connectivity index (χ3v) is 8.43. The van der Waals surface area contributed by atoms with Crippen molar-refractivity contribution in [3.63, 3.8) is 0 Å². The van der Waals surface area contributed by atoms with Gasteiger partial charge in [-0.3, -0.25) is 0 Å². The summed E-state index contributed by atoms with van der Waals surface area (Å²) in [5, 5.41) is 0. The van der Waals surface area contributed by atoms with Gasteiger partial charge in [-0.15, -0.1) is 0 Å². The molecule has 0 saturated heterocycles. The van der Waals surface area contributed by atoms with Crippen molar-refractivity contribution in [2.75, 3.05) is 41.4 Å². The summed E-state index contributed by atoms with van der Waals surface area (Å²) in [6.45, 7) is 6.43. The standard InChI is InChI=1S/C34H72N2O/c1-7-9-11-13-15-17-19-21-23-25-27-33(35(3)4)29-31-37-32-30-34(36(5)6)28-26-24-22-20-18-16-14-12-10-8-2/h33-34H,7-32H2,1-6H3. The minimum atomic E-state index is 0.672. The van der Waals surface area contributed by atoms with Crippen molar-refractivity contribution in [3.05, 3.63) is 0 Å². The van der Waals surface area contributed by atoms with E-state index in [4.69, 9.17) is 4.74 Å². The molecule has 0 aromatic heterocycles. The van der Waals surface area contributed by atoms with E-state index in [-0.39, 0.29) is 0 Å². The van der Waals surface area contributed by atoms with Crippen molar-refractivity contribution < 1.29 is 4.74 Å². The van der Waals surface area contributed by atoms with Gasteiger partial charge in [0.25, 0.3) is 0 Å². The lowest BCUT2D eigenvalue weighted by molar-refractivity contribution is 0.0888. The molecule has 0 amide bonds. The second-order valence-corrected chi connectivity index (χ2v) is 12.4. The van der Waals surface area contributed by atoms with Gasteiger partial charge in [0.15, 0.2) is 0 Å². The van der Waals surface area contributed by atoms with Crippen molar-refractivity contribution in [3.8, 4) is 0 Å². The van der Waals surface area contributed by atoms with E-state index in [0.717, 1.165) is 13.2 Å². The van der Waals surface area contributed by atoms with E-state index < -0.39 is 0 Å². The number of ether oxygens (including phenoxy) is 1. The van der Waals surface area contributed by atoms with Gasteiger partial charge in [-0.1, -0.05) is 142 Å². The van der Waals surface area contributed by atoms with Crippen LogP contribution in [0.2, 0.25) is 0 Å². The van der Waals surface area contributed by atoms with Gasteiger partial charge in [0.2, 0.25) is 0 Å². The van der Waals surface area contributed by atoms with Gasteiger partial charge in [-0.2, -0.15) is 0 Å². The third-order valence-electron chi connectivity index (χ3n) is 8.43. The fraction of sp³-hybridized carbons (Fsp3) is 1.00. The van der Waals surface area contributed by atoms with Gasteiger partial charge in [0.1, 0.15) is 0 Å². The van der Waals surface area contributed by atoms with Crippen LogP contribution in [-0.4, -0.2) is 63.3 Å². The zero-order valence-electron chi connectivity index (χ0n) is 26.8. The van der Waals surface area contributed by atoms with Crippen LogP contribution in [0.25, 0.3) is 0 Å². The van der Waals surface area contributed by atoms with E-state index in [0.29, 0.717) is 12.1 Å². The SMILES string of the molecule is CCCCCCCCCCCCC(CCOCCC(CCCCCCCCCCCC)N(C)C)N(C)C. The quantitative estimate of drug-likeness (QED) is 0.0869. The number of rotatable bonds is 30. The number of nitrogens with zero attached hydrogens (tertiary/aromatic N) is 2. The minimum Gasteiger partial charge on any atom is -0.381 e. The van der Waals surface area contributed by atoms with E-state index in [1.807, 2.05) is 0 Å². The molecule has 0 rings (SSSR count). The van der Waals surface area contributed by atoms with E-state index >= 15 is 0 Å². The molecule has 0 aliphatic carbocycles. The number of unbranched alkanes of at least 4 members (excludes halogenated alkanes) is 18. The lowest BCUT2D eigenvalue weighted by Gasteiger charge is -2.26. The molecule has 0 saturated carbocycles. The molecule has 37 heavy (non-hydrogen) atoms. The summed E-state index contributed by atoms with van der Waals surface area (Å²) < 4.78 is 6.14. The van der Waals surface area contributed by atoms with Gasteiger partial charge in [0.05, 0.1) is 0 Å². The maximum atomic E-state index is 6.14. The minimum absolute atomic E-state index is 0.672. The molecule has 0 bridgehead atoms. The van der Waals surface area contributed by atoms with Crippen LogP contribution in [0.4, 0.5) is 0 Å². The molecular weight excluding hydrogens is 452 g/mol. The summed E-state index contributed by atoms with van der Waals surface area (Å²) in [5.74, 6) is 0. The predicted octanol–water partition coefficient (Wildman–Crippen LogP) is 10.3. The molecule has 0 fully saturated rings. The first kappa shape index (κ1) is 36.9. The van der Waals surface area contributed by atoms with Crippen LogP contribution >= 0.6 is 0 Å². The molecule has 0 radical (unpaired) electrons. The predicted molar refractivity (Wildman–Crippen MR) is 168 cm³/mol. The Morgan fingerprint density at radius 2 is 0.649 bits per heavy atom. The van der Waals surface area contributed by atoms with Crippen molar-refractivity contribution in [2.45, 2.75) is 180 Å². The highest BCUT2D eigenvalue weighted by Gasteiger charge is 2.13. The molecule has 0 N–H and O–H groups in total. The van der Waals surface area contributed by atoms with Crippen LogP contribution in [0.1, 0.15) is 168 Å². The van der Waals surface area contributed by atoms with Gasteiger partial charge in [0, 0.05) is 25.3 Å². The Labute approximate surface area is 235 Å². The van der Waals surface area contributed by atoms with E-state index in [1.165, 1.54) is 154 Å². The van der Waals surface area contributed by atoms with Gasteiger partial charge in [-0.05, 0) is 53.9 Å². The lowest BCUT2D eigenvalue weighted by Crippen LogP contribution is -2.30. The normalized spacial score (nSPS) is 13.6. The zero-order chi connectivity index (χ0) is 27.4. The van der Waals surface area contributed by atoms with Crippen LogP contribution in [0.3, 0.4) is 0 Å². The highest BCUT2D eigenvalue weighted by molar-refractivity contribution is 4.68. The molecule has 0 spiro atoms. The van der Waals surface area contributed by atoms with Crippen molar-refractivity contribution >= 4 is 0 Å². The molecule has 0 heterocycles. The zero-order valence-corrected chi connectivity index (χ0v) is 26.8. The van der Waals surface area contributed by atoms with Crippen molar-refractivity contribution in [2.24, 2.45) is 0 Å². The van der Waals surface area contributed by atoms with E-state index in [2.05, 4.69) is 51.8 Å². The summed E-state index contributed by atoms with van der Waals surface area (Å²) in [5.41, 5.74) is 0. The molecule has 0 aromatic carbocycles. The highest BCUT2D eigenvalue weighted by Crippen LogP contribution is 2.17. The van der Waals surface area contributed by atoms with Gasteiger partial charge in [-0.25, -0.2) is 0 Å². The summed E-state index contributed by atoms with van der Waals surface area (Å²) in [6, 6.07) is 1.34. The average molecular weight is 525 g/mol. The molecule has 2 atom stereocenters. The molecule has 3 heteroatoms. The van der Waals surface area contributed by atoms with Crippen LogP contribution in [-0.2, 0) is 4.74 Å². The summed E-state index contributed by atoms with van der Waals surface area (Å²) in [4.78, 5) is 4.84. The van der Waals surface area contributed by atoms with Crippen molar-refractivity contribution in [1.29, 1.82) is 0 Å². The Morgan fingerprint density at radius 3 is 0.919 bits per heavy atom. The molecule has 0 aliphatic rings. The second kappa shape index (κ2) is 28.9. The molecular formula is C34H72N2O. The van der Waals surface area contributed by atoms with E-state index in [1.54, 1.807) is 0 Å². The maximum absolute atomic E-state index is 6.14. The van der Waals surface area contributed by atoms with Crippen LogP contribution in [0.15, 0.2) is 0 Å². The first-order valence-corrected chi connectivity index (χ1v) is 16.9. The third kappa shape index (κ3) is 25.9. The van der Waals surface area contributed by atoms with E-state index in [9.17, 15) is 0 Å². The smallest absolute Gasteiger partial charge is 0.0480 e. The molecule has 0 aromatic rings. The monoisotopic (exact) mass is 525 g/mol. The fourth-order valence-corrected chi connectivity index (χ4v) is 5.60. The Kier molecular flexibility index (Phi) is 28.8. The molecule has 0 aliphatic heterocycles. The molecule has 224 valence electrons. The lowest BCUT2D eigenvalue weighted by atomic mass is 10.0. The fourth-order valence-electron chi connectivity index (χ4n) is 5.60. The van der Waals surface area contributed by atoms with Gasteiger partial charge < -0.3 is 14.5 Å². The largest absolute Gasteiger partial charge is 0.381 e. The first-order valence-electron chi connectivity index (χ1n) is 16.9. The summed E-state index contributed by atoms with van der Waals surface area (Å²) >= 11 is 0. The maximum Gasteiger partial charge on any atom is 0.0480 e. The Morgan fingerprint density at radius 1 is 0.378 bits per heavy atom. The topological polar surface area (TPSA) is 15.7 Å². The Hall–Kier alpha value is -0.120. The van der Waals surface area contributed by atoms with Crippen LogP contribution < -0.4 is 0 Å². The van der Waals surface area contributed by atoms with Crippen LogP contribution in [0, 0.1) is 0 Å².